The molecular formula is C30H26Cl2F2N2O2S. The third-order valence-corrected chi connectivity index (χ3v) is 9.17. The first-order valence-corrected chi connectivity index (χ1v) is 14.8. The van der Waals surface area contributed by atoms with E-state index < -0.39 is 27.7 Å². The molecular weight excluding hydrogens is 561 g/mol. The Morgan fingerprint density at radius 3 is 1.92 bits per heavy atom. The van der Waals surface area contributed by atoms with E-state index in [1.54, 1.807) is 42.5 Å². The SMILES string of the molecule is O=S(=O)(Cc1ccccc1)N(c1cc(F)cc(F)c1)C1CN(Cc2ccc(Cl)cc2)C1Cc1ccc(Cl)cc1. The fourth-order valence-corrected chi connectivity index (χ4v) is 7.10. The van der Waals surface area contributed by atoms with Gasteiger partial charge < -0.3 is 0 Å². The van der Waals surface area contributed by atoms with Crippen LogP contribution >= 0.6 is 23.2 Å². The Kier molecular flexibility index (Phi) is 8.24. The molecule has 4 nitrogen and oxygen atoms in total. The fraction of sp³-hybridized carbons (Fsp3) is 0.200. The number of likely N-dealkylation sites (tertiary alicyclic amines) is 1. The van der Waals surface area contributed by atoms with Gasteiger partial charge in [-0.25, -0.2) is 17.2 Å². The van der Waals surface area contributed by atoms with Crippen LogP contribution in [0.15, 0.2) is 97.1 Å². The predicted octanol–water partition coefficient (Wildman–Crippen LogP) is 7.10. The summed E-state index contributed by atoms with van der Waals surface area (Å²) in [5.41, 5.74) is 2.56. The Bertz CT molecular complexity index is 1520. The molecule has 4 aromatic carbocycles. The zero-order valence-corrected chi connectivity index (χ0v) is 23.2. The highest BCUT2D eigenvalue weighted by Crippen LogP contribution is 2.36. The van der Waals surface area contributed by atoms with Crippen LogP contribution in [-0.4, -0.2) is 31.9 Å². The molecule has 0 bridgehead atoms. The molecule has 2 unspecified atom stereocenters. The van der Waals surface area contributed by atoms with Crippen LogP contribution in [0.1, 0.15) is 16.7 Å². The van der Waals surface area contributed by atoms with E-state index in [-0.39, 0.29) is 17.5 Å². The lowest BCUT2D eigenvalue weighted by Crippen LogP contribution is -2.68. The summed E-state index contributed by atoms with van der Waals surface area (Å²) in [5, 5.41) is 1.23. The maximum Gasteiger partial charge on any atom is 0.239 e. The van der Waals surface area contributed by atoms with E-state index in [1.165, 1.54) is 4.31 Å². The van der Waals surface area contributed by atoms with E-state index in [9.17, 15) is 17.2 Å². The van der Waals surface area contributed by atoms with Crippen molar-refractivity contribution in [1.82, 2.24) is 4.90 Å². The first kappa shape index (κ1) is 27.6. The Labute approximate surface area is 237 Å². The lowest BCUT2D eigenvalue weighted by molar-refractivity contribution is 0.0572. The lowest BCUT2D eigenvalue weighted by Gasteiger charge is -2.52. The number of nitrogens with zero attached hydrogens (tertiary/aromatic N) is 2. The second kappa shape index (κ2) is 11.6. The third kappa shape index (κ3) is 6.61. The number of rotatable bonds is 9. The molecule has 1 fully saturated rings. The second-order valence-electron chi connectivity index (χ2n) is 9.69. The van der Waals surface area contributed by atoms with Crippen LogP contribution in [0.5, 0.6) is 0 Å². The number of hydrogen-bond acceptors (Lipinski definition) is 3. The van der Waals surface area contributed by atoms with Crippen LogP contribution in [0.3, 0.4) is 0 Å². The van der Waals surface area contributed by atoms with Crippen LogP contribution in [0.4, 0.5) is 14.5 Å². The van der Waals surface area contributed by atoms with E-state index in [4.69, 9.17) is 23.2 Å². The summed E-state index contributed by atoms with van der Waals surface area (Å²) in [6.07, 6.45) is 0.518. The number of hydrogen-bond donors (Lipinski definition) is 0. The van der Waals surface area contributed by atoms with Gasteiger partial charge >= 0.3 is 0 Å². The molecule has 1 heterocycles. The number of halogens is 4. The van der Waals surface area contributed by atoms with Gasteiger partial charge in [-0.15, -0.1) is 0 Å². The molecule has 2 atom stereocenters. The van der Waals surface area contributed by atoms with E-state index in [2.05, 4.69) is 4.90 Å². The topological polar surface area (TPSA) is 40.6 Å². The molecule has 0 saturated carbocycles. The summed E-state index contributed by atoms with van der Waals surface area (Å²) >= 11 is 12.2. The molecule has 0 aromatic heterocycles. The summed E-state index contributed by atoms with van der Waals surface area (Å²) in [7, 11) is -4.02. The van der Waals surface area contributed by atoms with E-state index >= 15 is 0 Å². The Balaban J connectivity index is 1.52. The van der Waals surface area contributed by atoms with Gasteiger partial charge in [0, 0.05) is 35.2 Å². The molecule has 202 valence electrons. The van der Waals surface area contributed by atoms with Gasteiger partial charge in [-0.2, -0.15) is 0 Å². The van der Waals surface area contributed by atoms with Gasteiger partial charge in [0.1, 0.15) is 11.6 Å². The Hall–Kier alpha value is -2.97. The molecule has 0 aliphatic carbocycles. The Morgan fingerprint density at radius 2 is 1.33 bits per heavy atom. The van der Waals surface area contributed by atoms with Crippen LogP contribution in [0.25, 0.3) is 0 Å². The van der Waals surface area contributed by atoms with E-state index in [0.717, 1.165) is 29.3 Å². The van der Waals surface area contributed by atoms with Crippen LogP contribution < -0.4 is 4.31 Å². The number of sulfonamides is 1. The molecule has 39 heavy (non-hydrogen) atoms. The first-order valence-electron chi connectivity index (χ1n) is 12.4. The quantitative estimate of drug-likeness (QED) is 0.210. The van der Waals surface area contributed by atoms with Gasteiger partial charge in [-0.1, -0.05) is 77.8 Å². The highest BCUT2D eigenvalue weighted by Gasteiger charge is 2.46. The normalized spacial score (nSPS) is 17.5. The van der Waals surface area contributed by atoms with E-state index in [1.807, 2.05) is 36.4 Å². The molecule has 1 aliphatic heterocycles. The number of benzene rings is 4. The fourth-order valence-electron chi connectivity index (χ4n) is 5.05. The van der Waals surface area contributed by atoms with Crippen molar-refractivity contribution in [3.05, 3.63) is 135 Å². The van der Waals surface area contributed by atoms with E-state index in [0.29, 0.717) is 35.1 Å². The Morgan fingerprint density at radius 1 is 0.769 bits per heavy atom. The minimum absolute atomic E-state index is 0.0271. The van der Waals surface area contributed by atoms with Gasteiger partial charge in [0.2, 0.25) is 10.0 Å². The smallest absolute Gasteiger partial charge is 0.239 e. The summed E-state index contributed by atoms with van der Waals surface area (Å²) in [5.74, 6) is -1.97. The van der Waals surface area contributed by atoms with Gasteiger partial charge in [0.25, 0.3) is 0 Å². The molecule has 0 N–H and O–H groups in total. The maximum atomic E-state index is 14.4. The summed E-state index contributed by atoms with van der Waals surface area (Å²) < 4.78 is 57.8. The van der Waals surface area contributed by atoms with Crippen molar-refractivity contribution in [1.29, 1.82) is 0 Å². The first-order chi connectivity index (χ1) is 18.7. The summed E-state index contributed by atoms with van der Waals surface area (Å²) in [6, 6.07) is 25.7. The molecule has 0 spiro atoms. The van der Waals surface area contributed by atoms with Crippen molar-refractivity contribution in [2.75, 3.05) is 10.8 Å². The van der Waals surface area contributed by atoms with Gasteiger partial charge in [0.15, 0.2) is 0 Å². The zero-order chi connectivity index (χ0) is 27.6. The summed E-state index contributed by atoms with van der Waals surface area (Å²) in [4.78, 5) is 2.17. The van der Waals surface area contributed by atoms with Crippen LogP contribution in [0, 0.1) is 11.6 Å². The summed E-state index contributed by atoms with van der Waals surface area (Å²) in [6.45, 7) is 0.947. The molecule has 0 radical (unpaired) electrons. The highest BCUT2D eigenvalue weighted by molar-refractivity contribution is 7.92. The van der Waals surface area contributed by atoms with Crippen molar-refractivity contribution in [2.45, 2.75) is 30.8 Å². The van der Waals surface area contributed by atoms with Crippen molar-refractivity contribution < 1.29 is 17.2 Å². The monoisotopic (exact) mass is 586 g/mol. The van der Waals surface area contributed by atoms with Crippen molar-refractivity contribution >= 4 is 38.9 Å². The molecule has 1 aliphatic rings. The largest absolute Gasteiger partial charge is 0.292 e. The molecule has 4 aromatic rings. The molecule has 9 heteroatoms. The maximum absolute atomic E-state index is 14.4. The highest BCUT2D eigenvalue weighted by atomic mass is 35.5. The molecule has 5 rings (SSSR count). The van der Waals surface area contributed by atoms with Crippen molar-refractivity contribution in [3.63, 3.8) is 0 Å². The van der Waals surface area contributed by atoms with Crippen molar-refractivity contribution in [2.24, 2.45) is 0 Å². The average molecular weight is 588 g/mol. The van der Waals surface area contributed by atoms with Crippen molar-refractivity contribution in [3.8, 4) is 0 Å². The lowest BCUT2D eigenvalue weighted by atomic mass is 9.89. The minimum atomic E-state index is -4.02. The average Bonchev–Trinajstić information content (AvgIpc) is 2.88. The third-order valence-electron chi connectivity index (χ3n) is 6.89. The standard InChI is InChI=1S/C30H26Cl2F2N2O2S/c31-24-10-6-21(7-11-24)14-29-30(19-35(29)18-22-8-12-25(32)13-9-22)36(28-16-26(33)15-27(34)17-28)39(37,38)20-23-4-2-1-3-5-23/h1-13,15-17,29-30H,14,18-20H2. The predicted molar refractivity (Wildman–Crippen MR) is 152 cm³/mol. The minimum Gasteiger partial charge on any atom is -0.292 e. The molecule has 1 saturated heterocycles. The number of anilines is 1. The van der Waals surface area contributed by atoms with Crippen LogP contribution in [-0.2, 0) is 28.7 Å². The zero-order valence-electron chi connectivity index (χ0n) is 20.9. The van der Waals surface area contributed by atoms with Crippen LogP contribution in [0.2, 0.25) is 10.0 Å². The molecule has 0 amide bonds. The van der Waals surface area contributed by atoms with Gasteiger partial charge in [0.05, 0.1) is 17.5 Å². The van der Waals surface area contributed by atoms with Gasteiger partial charge in [-0.3, -0.25) is 9.21 Å². The second-order valence-corrected chi connectivity index (χ2v) is 12.4. The van der Waals surface area contributed by atoms with Gasteiger partial charge in [-0.05, 0) is 59.5 Å².